The van der Waals surface area contributed by atoms with Crippen LogP contribution in [0.1, 0.15) is 25.0 Å². The minimum absolute atomic E-state index is 0.0365. The summed E-state index contributed by atoms with van der Waals surface area (Å²) in [6.45, 7) is 4.68. The van der Waals surface area contributed by atoms with Gasteiger partial charge in [-0.3, -0.25) is 0 Å². The fourth-order valence-electron chi connectivity index (χ4n) is 10.1. The van der Waals surface area contributed by atoms with Crippen molar-refractivity contribution in [1.82, 2.24) is 9.13 Å². The van der Waals surface area contributed by atoms with Crippen LogP contribution in [0.15, 0.2) is 162 Å². The Balaban J connectivity index is 1.08. The zero-order chi connectivity index (χ0) is 36.2. The Morgan fingerprint density at radius 1 is 0.418 bits per heavy atom. The van der Waals surface area contributed by atoms with Gasteiger partial charge in [0.1, 0.15) is 11.2 Å². The first-order valence-electron chi connectivity index (χ1n) is 19.0. The topological polar surface area (TPSA) is 23.0 Å². The highest BCUT2D eigenvalue weighted by molar-refractivity contribution is 7.25. The predicted molar refractivity (Wildman–Crippen MR) is 233 cm³/mol. The molecule has 55 heavy (non-hydrogen) atoms. The molecule has 4 heterocycles. The van der Waals surface area contributed by atoms with E-state index in [4.69, 9.17) is 4.42 Å². The fourth-order valence-corrected chi connectivity index (χ4v) is 11.1. The molecule has 0 saturated carbocycles. The minimum atomic E-state index is -0.0365. The van der Waals surface area contributed by atoms with Gasteiger partial charge in [-0.2, -0.15) is 0 Å². The molecule has 1 aliphatic carbocycles. The first-order valence-corrected chi connectivity index (χ1v) is 19.8. The lowest BCUT2D eigenvalue weighted by atomic mass is 9.82. The van der Waals surface area contributed by atoms with Gasteiger partial charge in [0.05, 0.1) is 32.8 Å². The van der Waals surface area contributed by atoms with E-state index >= 15 is 0 Å². The fraction of sp³-hybridized carbons (Fsp3) is 0.0588. The summed E-state index contributed by atoms with van der Waals surface area (Å²) in [5.41, 5.74) is 14.2. The molecule has 258 valence electrons. The van der Waals surface area contributed by atoms with Gasteiger partial charge < -0.3 is 13.6 Å². The van der Waals surface area contributed by atoms with Gasteiger partial charge >= 0.3 is 0 Å². The molecular formula is C51H32N2OS. The molecule has 13 rings (SSSR count). The van der Waals surface area contributed by atoms with Gasteiger partial charge in [0, 0.05) is 58.5 Å². The molecule has 1 aliphatic rings. The molecule has 0 radical (unpaired) electrons. The van der Waals surface area contributed by atoms with Crippen molar-refractivity contribution in [2.45, 2.75) is 19.3 Å². The molecule has 0 saturated heterocycles. The minimum Gasteiger partial charge on any atom is -0.455 e. The SMILES string of the molecule is CC1(C)c2ccccc2-c2cc(-n3c4ccccc4c4c5oc6c(ccc7c6c6ccccc6n7-c6ccc7sc8ccccc8c7c6)c5ccc43)ccc21. The average Bonchev–Trinajstić information content (AvgIpc) is 4.01. The van der Waals surface area contributed by atoms with Crippen LogP contribution in [0.4, 0.5) is 0 Å². The third-order valence-electron chi connectivity index (χ3n) is 12.5. The van der Waals surface area contributed by atoms with E-state index < -0.39 is 0 Å². The van der Waals surface area contributed by atoms with Gasteiger partial charge in [0.15, 0.2) is 0 Å². The molecule has 0 amide bonds. The number of hydrogen-bond acceptors (Lipinski definition) is 2. The first kappa shape index (κ1) is 29.8. The Morgan fingerprint density at radius 3 is 1.67 bits per heavy atom. The largest absolute Gasteiger partial charge is 0.455 e. The van der Waals surface area contributed by atoms with E-state index in [1.807, 2.05) is 11.3 Å². The van der Waals surface area contributed by atoms with Crippen molar-refractivity contribution in [2.75, 3.05) is 0 Å². The van der Waals surface area contributed by atoms with Gasteiger partial charge in [-0.25, -0.2) is 0 Å². The molecule has 0 unspecified atom stereocenters. The number of furan rings is 1. The quantitative estimate of drug-likeness (QED) is 0.174. The molecule has 4 heteroatoms. The molecule has 4 aromatic heterocycles. The van der Waals surface area contributed by atoms with E-state index in [-0.39, 0.29) is 5.41 Å². The highest BCUT2D eigenvalue weighted by atomic mass is 32.1. The molecular weight excluding hydrogens is 689 g/mol. The second kappa shape index (κ2) is 10.3. The highest BCUT2D eigenvalue weighted by Gasteiger charge is 2.35. The lowest BCUT2D eigenvalue weighted by Crippen LogP contribution is -2.14. The molecule has 0 bridgehead atoms. The number of thiophene rings is 1. The van der Waals surface area contributed by atoms with Crippen LogP contribution in [0.5, 0.6) is 0 Å². The number of aromatic nitrogens is 2. The number of para-hydroxylation sites is 2. The van der Waals surface area contributed by atoms with Crippen molar-refractivity contribution in [3.63, 3.8) is 0 Å². The lowest BCUT2D eigenvalue weighted by molar-refractivity contribution is 0.660. The molecule has 0 fully saturated rings. The Hall–Kier alpha value is -6.62. The van der Waals surface area contributed by atoms with Crippen LogP contribution in [0.2, 0.25) is 0 Å². The van der Waals surface area contributed by atoms with Crippen molar-refractivity contribution in [3.05, 3.63) is 169 Å². The van der Waals surface area contributed by atoms with E-state index in [9.17, 15) is 0 Å². The van der Waals surface area contributed by atoms with Crippen molar-refractivity contribution in [3.8, 4) is 22.5 Å². The van der Waals surface area contributed by atoms with E-state index in [2.05, 4.69) is 181 Å². The number of benzene rings is 8. The summed E-state index contributed by atoms with van der Waals surface area (Å²) in [6.07, 6.45) is 0. The second-order valence-corrected chi connectivity index (χ2v) is 16.7. The van der Waals surface area contributed by atoms with Crippen LogP contribution in [0.3, 0.4) is 0 Å². The highest BCUT2D eigenvalue weighted by Crippen LogP contribution is 2.50. The van der Waals surface area contributed by atoms with Crippen molar-refractivity contribution in [2.24, 2.45) is 0 Å². The van der Waals surface area contributed by atoms with Crippen molar-refractivity contribution < 1.29 is 4.42 Å². The lowest BCUT2D eigenvalue weighted by Gasteiger charge is -2.21. The normalized spacial score (nSPS) is 13.8. The summed E-state index contributed by atoms with van der Waals surface area (Å²) < 4.78 is 14.7. The molecule has 0 aliphatic heterocycles. The summed E-state index contributed by atoms with van der Waals surface area (Å²) in [5, 5.41) is 9.56. The maximum Gasteiger partial charge on any atom is 0.145 e. The maximum atomic E-state index is 7.23. The molecule has 8 aromatic carbocycles. The van der Waals surface area contributed by atoms with Crippen LogP contribution in [0, 0.1) is 0 Å². The molecule has 3 nitrogen and oxygen atoms in total. The zero-order valence-corrected chi connectivity index (χ0v) is 31.0. The Labute approximate surface area is 319 Å². The standard InChI is InChI=1S/C51H32N2OS/c1-51(2)39-15-7-3-11-31(39)37-27-29(19-23-40(37)51)52-41-16-8-4-13-35(41)47-43(52)24-21-33-34-22-25-44-48(50(34)54-49(33)47)36-14-5-9-17-42(36)53(44)30-20-26-46-38(28-30)32-12-6-10-18-45(32)55-46/h3-28H,1-2H3. The van der Waals surface area contributed by atoms with Gasteiger partial charge in [0.2, 0.25) is 0 Å². The number of hydrogen-bond donors (Lipinski definition) is 0. The smallest absolute Gasteiger partial charge is 0.145 e. The van der Waals surface area contributed by atoms with Crippen molar-refractivity contribution in [1.29, 1.82) is 0 Å². The van der Waals surface area contributed by atoms with Gasteiger partial charge in [-0.1, -0.05) is 98.8 Å². The molecule has 0 spiro atoms. The molecule has 0 atom stereocenters. The Morgan fingerprint density at radius 2 is 0.964 bits per heavy atom. The predicted octanol–water partition coefficient (Wildman–Crippen LogP) is 14.5. The number of rotatable bonds is 2. The number of nitrogens with zero attached hydrogens (tertiary/aromatic N) is 2. The van der Waals surface area contributed by atoms with E-state index in [1.54, 1.807) is 0 Å². The first-order chi connectivity index (χ1) is 27.0. The van der Waals surface area contributed by atoms with Crippen LogP contribution in [0.25, 0.3) is 108 Å². The third-order valence-corrected chi connectivity index (χ3v) is 13.7. The Bertz CT molecular complexity index is 3640. The van der Waals surface area contributed by atoms with Crippen molar-refractivity contribution >= 4 is 97.1 Å². The second-order valence-electron chi connectivity index (χ2n) is 15.7. The van der Waals surface area contributed by atoms with Crippen LogP contribution in [-0.2, 0) is 5.41 Å². The molecule has 0 N–H and O–H groups in total. The summed E-state index contributed by atoms with van der Waals surface area (Å²) in [5.74, 6) is 0. The van der Waals surface area contributed by atoms with Gasteiger partial charge in [-0.05, 0) is 95.1 Å². The average molecular weight is 721 g/mol. The van der Waals surface area contributed by atoms with Gasteiger partial charge in [0.25, 0.3) is 0 Å². The summed E-state index contributed by atoms with van der Waals surface area (Å²) in [7, 11) is 0. The summed E-state index contributed by atoms with van der Waals surface area (Å²) in [6, 6.07) is 58.2. The van der Waals surface area contributed by atoms with E-state index in [0.717, 1.165) is 55.1 Å². The molecule has 12 aromatic rings. The van der Waals surface area contributed by atoms with Crippen LogP contribution >= 0.6 is 11.3 Å². The van der Waals surface area contributed by atoms with E-state index in [1.165, 1.54) is 64.2 Å². The zero-order valence-electron chi connectivity index (χ0n) is 30.2. The number of fused-ring (bicyclic) bond motifs is 17. The maximum absolute atomic E-state index is 7.23. The Kier molecular flexibility index (Phi) is 5.59. The van der Waals surface area contributed by atoms with Gasteiger partial charge in [-0.15, -0.1) is 11.3 Å². The van der Waals surface area contributed by atoms with Crippen LogP contribution in [-0.4, -0.2) is 9.13 Å². The third kappa shape index (κ3) is 3.75. The van der Waals surface area contributed by atoms with Crippen LogP contribution < -0.4 is 0 Å². The van der Waals surface area contributed by atoms with E-state index in [0.29, 0.717) is 0 Å². The summed E-state index contributed by atoms with van der Waals surface area (Å²) in [4.78, 5) is 0. The summed E-state index contributed by atoms with van der Waals surface area (Å²) >= 11 is 1.86. The monoisotopic (exact) mass is 720 g/mol.